The molecule has 0 bridgehead atoms. The molecule has 7 heteroatoms. The van der Waals surface area contributed by atoms with E-state index < -0.39 is 0 Å². The van der Waals surface area contributed by atoms with E-state index in [9.17, 15) is 9.59 Å². The summed E-state index contributed by atoms with van der Waals surface area (Å²) in [6.07, 6.45) is 0. The molecule has 2 aromatic heterocycles. The van der Waals surface area contributed by atoms with Gasteiger partial charge in [0.25, 0.3) is 11.3 Å². The Balaban J connectivity index is 1.92. The number of aryl methyl sites for hydroxylation is 4. The summed E-state index contributed by atoms with van der Waals surface area (Å²) in [5.74, 6) is 0.115. The van der Waals surface area contributed by atoms with Crippen LogP contribution in [-0.4, -0.2) is 20.6 Å². The fourth-order valence-corrected chi connectivity index (χ4v) is 2.56. The number of rotatable bonds is 3. The zero-order chi connectivity index (χ0) is 17.4. The topological polar surface area (TPSA) is 90.0 Å². The van der Waals surface area contributed by atoms with E-state index in [1.807, 2.05) is 32.0 Å². The van der Waals surface area contributed by atoms with E-state index in [1.165, 1.54) is 4.57 Å². The molecule has 1 aromatic carbocycles. The van der Waals surface area contributed by atoms with E-state index in [0.29, 0.717) is 16.9 Å². The van der Waals surface area contributed by atoms with Gasteiger partial charge in [0, 0.05) is 5.69 Å². The molecule has 24 heavy (non-hydrogen) atoms. The highest BCUT2D eigenvalue weighted by molar-refractivity contribution is 5.91. The van der Waals surface area contributed by atoms with Crippen LogP contribution in [0.5, 0.6) is 0 Å². The number of carbonyl (C=O) groups excluding carboxylic acids is 1. The van der Waals surface area contributed by atoms with Crippen LogP contribution in [0.25, 0.3) is 11.1 Å². The molecule has 0 saturated carbocycles. The van der Waals surface area contributed by atoms with Gasteiger partial charge in [-0.15, -0.1) is 0 Å². The molecule has 0 unspecified atom stereocenters. The molecule has 0 aliphatic heterocycles. The Labute approximate surface area is 138 Å². The molecular formula is C17H18N4O3. The number of hydrogen-bond donors (Lipinski definition) is 1. The normalized spacial score (nSPS) is 11.0. The van der Waals surface area contributed by atoms with Crippen LogP contribution in [0.4, 0.5) is 5.69 Å². The first-order chi connectivity index (χ1) is 11.4. The van der Waals surface area contributed by atoms with Crippen molar-refractivity contribution < 1.29 is 9.32 Å². The van der Waals surface area contributed by atoms with E-state index >= 15 is 0 Å². The number of hydrogen-bond acceptors (Lipinski definition) is 5. The summed E-state index contributed by atoms with van der Waals surface area (Å²) in [5, 5.41) is 6.91. The molecule has 3 rings (SSSR count). The van der Waals surface area contributed by atoms with Gasteiger partial charge in [0.05, 0.1) is 5.69 Å². The Morgan fingerprint density at radius 3 is 2.75 bits per heavy atom. The van der Waals surface area contributed by atoms with Crippen molar-refractivity contribution in [2.75, 3.05) is 5.32 Å². The van der Waals surface area contributed by atoms with Crippen LogP contribution < -0.4 is 10.9 Å². The quantitative estimate of drug-likeness (QED) is 0.797. The first-order valence-electron chi connectivity index (χ1n) is 7.57. The second-order valence-electron chi connectivity index (χ2n) is 5.87. The van der Waals surface area contributed by atoms with E-state index in [4.69, 9.17) is 4.52 Å². The number of fused-ring (bicyclic) bond motifs is 1. The molecule has 0 aliphatic carbocycles. The summed E-state index contributed by atoms with van der Waals surface area (Å²) in [4.78, 5) is 29.2. The highest BCUT2D eigenvalue weighted by atomic mass is 16.5. The summed E-state index contributed by atoms with van der Waals surface area (Å²) >= 11 is 0. The van der Waals surface area contributed by atoms with Crippen LogP contribution in [0.3, 0.4) is 0 Å². The highest BCUT2D eigenvalue weighted by Gasteiger charge is 2.17. The van der Waals surface area contributed by atoms with Crippen molar-refractivity contribution in [3.63, 3.8) is 0 Å². The first-order valence-corrected chi connectivity index (χ1v) is 7.57. The summed E-state index contributed by atoms with van der Waals surface area (Å²) in [6.45, 7) is 7.08. The van der Waals surface area contributed by atoms with Crippen molar-refractivity contribution in [3.8, 4) is 0 Å². The largest absolute Gasteiger partial charge is 0.335 e. The number of nitrogens with one attached hydrogen (secondary N) is 1. The van der Waals surface area contributed by atoms with Gasteiger partial charge in [0.15, 0.2) is 0 Å². The van der Waals surface area contributed by atoms with Gasteiger partial charge in [-0.3, -0.25) is 14.2 Å². The Morgan fingerprint density at radius 1 is 1.25 bits per heavy atom. The van der Waals surface area contributed by atoms with Crippen molar-refractivity contribution in [2.24, 2.45) is 0 Å². The number of aromatic nitrogens is 3. The summed E-state index contributed by atoms with van der Waals surface area (Å²) in [7, 11) is 0. The van der Waals surface area contributed by atoms with Gasteiger partial charge in [0.2, 0.25) is 5.91 Å². The summed E-state index contributed by atoms with van der Waals surface area (Å²) in [5.41, 5.74) is 3.08. The lowest BCUT2D eigenvalue weighted by Gasteiger charge is -2.12. The monoisotopic (exact) mass is 326 g/mol. The molecule has 3 aromatic rings. The molecule has 7 nitrogen and oxygen atoms in total. The zero-order valence-electron chi connectivity index (χ0n) is 14.0. The van der Waals surface area contributed by atoms with Gasteiger partial charge in [-0.25, -0.2) is 0 Å². The van der Waals surface area contributed by atoms with Gasteiger partial charge >= 0.3 is 0 Å². The second-order valence-corrected chi connectivity index (χ2v) is 5.87. The average molecular weight is 326 g/mol. The van der Waals surface area contributed by atoms with Crippen LogP contribution in [0.15, 0.2) is 27.5 Å². The van der Waals surface area contributed by atoms with Gasteiger partial charge in [-0.05, 0) is 44.9 Å². The molecule has 1 amide bonds. The Bertz CT molecular complexity index is 1000. The lowest BCUT2D eigenvalue weighted by atomic mass is 10.1. The van der Waals surface area contributed by atoms with Crippen molar-refractivity contribution in [1.82, 2.24) is 14.7 Å². The van der Waals surface area contributed by atoms with Gasteiger partial charge < -0.3 is 9.84 Å². The minimum Gasteiger partial charge on any atom is -0.335 e. The van der Waals surface area contributed by atoms with Crippen molar-refractivity contribution >= 4 is 22.7 Å². The standard InChI is InChI=1S/C17H18N4O3/c1-9-5-6-10(2)13(7-9)19-14(22)8-21-12(4)18-16-15(17(21)23)11(3)20-24-16/h5-7H,8H2,1-4H3,(H,19,22). The third-order valence-corrected chi connectivity index (χ3v) is 3.93. The second kappa shape index (κ2) is 5.92. The maximum atomic E-state index is 12.6. The summed E-state index contributed by atoms with van der Waals surface area (Å²) < 4.78 is 6.35. The molecule has 0 fully saturated rings. The predicted molar refractivity (Wildman–Crippen MR) is 90.1 cm³/mol. The lowest BCUT2D eigenvalue weighted by Crippen LogP contribution is -2.30. The number of nitrogens with zero attached hydrogens (tertiary/aromatic N) is 3. The van der Waals surface area contributed by atoms with Crippen LogP contribution >= 0.6 is 0 Å². The third kappa shape index (κ3) is 2.80. The first kappa shape index (κ1) is 15.9. The number of benzene rings is 1. The lowest BCUT2D eigenvalue weighted by molar-refractivity contribution is -0.116. The number of anilines is 1. The molecule has 1 N–H and O–H groups in total. The minimum atomic E-state index is -0.327. The molecule has 0 atom stereocenters. The van der Waals surface area contributed by atoms with Crippen molar-refractivity contribution in [3.05, 3.63) is 51.2 Å². The Kier molecular flexibility index (Phi) is 3.92. The highest BCUT2D eigenvalue weighted by Crippen LogP contribution is 2.16. The van der Waals surface area contributed by atoms with E-state index in [-0.39, 0.29) is 23.7 Å². The molecule has 0 aliphatic rings. The van der Waals surface area contributed by atoms with Gasteiger partial charge in [0.1, 0.15) is 17.8 Å². The van der Waals surface area contributed by atoms with E-state index in [2.05, 4.69) is 15.5 Å². The maximum Gasteiger partial charge on any atom is 0.267 e. The van der Waals surface area contributed by atoms with Crippen molar-refractivity contribution in [2.45, 2.75) is 34.2 Å². The third-order valence-electron chi connectivity index (χ3n) is 3.93. The van der Waals surface area contributed by atoms with Gasteiger partial charge in [-0.1, -0.05) is 17.3 Å². The molecule has 124 valence electrons. The zero-order valence-corrected chi connectivity index (χ0v) is 14.0. The SMILES string of the molecule is Cc1ccc(C)c(NC(=O)Cn2c(C)nc3onc(C)c3c2=O)c1. The number of amides is 1. The Hall–Kier alpha value is -2.96. The molecule has 0 spiro atoms. The fourth-order valence-electron chi connectivity index (χ4n) is 2.56. The maximum absolute atomic E-state index is 12.6. The molecular weight excluding hydrogens is 308 g/mol. The number of carbonyl (C=O) groups is 1. The molecule has 0 saturated heterocycles. The van der Waals surface area contributed by atoms with E-state index in [0.717, 1.165) is 16.8 Å². The molecule has 0 radical (unpaired) electrons. The summed E-state index contributed by atoms with van der Waals surface area (Å²) in [6, 6.07) is 5.82. The predicted octanol–water partition coefficient (Wildman–Crippen LogP) is 2.26. The van der Waals surface area contributed by atoms with Crippen LogP contribution in [-0.2, 0) is 11.3 Å². The van der Waals surface area contributed by atoms with Crippen LogP contribution in [0.1, 0.15) is 22.6 Å². The fraction of sp³-hybridized carbons (Fsp3) is 0.294. The molecule has 2 heterocycles. The average Bonchev–Trinajstić information content (AvgIpc) is 2.88. The smallest absolute Gasteiger partial charge is 0.267 e. The Morgan fingerprint density at radius 2 is 2.00 bits per heavy atom. The van der Waals surface area contributed by atoms with Crippen LogP contribution in [0, 0.1) is 27.7 Å². The van der Waals surface area contributed by atoms with Crippen LogP contribution in [0.2, 0.25) is 0 Å². The van der Waals surface area contributed by atoms with Gasteiger partial charge in [-0.2, -0.15) is 4.98 Å². The van der Waals surface area contributed by atoms with E-state index in [1.54, 1.807) is 13.8 Å². The minimum absolute atomic E-state index is 0.119. The van der Waals surface area contributed by atoms with Crippen molar-refractivity contribution in [1.29, 1.82) is 0 Å².